The molecule has 0 bridgehead atoms. The summed E-state index contributed by atoms with van der Waals surface area (Å²) in [7, 11) is 1.83. The Morgan fingerprint density at radius 2 is 1.77 bits per heavy atom. The van der Waals surface area contributed by atoms with E-state index in [4.69, 9.17) is 16.3 Å². The quantitative estimate of drug-likeness (QED) is 0.593. The third-order valence-electron chi connectivity index (χ3n) is 4.01. The molecular formula is C11H19ClO. The van der Waals surface area contributed by atoms with Crippen LogP contribution in [0.2, 0.25) is 0 Å². The van der Waals surface area contributed by atoms with E-state index in [2.05, 4.69) is 0 Å². The van der Waals surface area contributed by atoms with Crippen LogP contribution in [0.3, 0.4) is 0 Å². The molecule has 1 spiro atoms. The first-order valence-corrected chi connectivity index (χ1v) is 5.90. The highest BCUT2D eigenvalue weighted by Crippen LogP contribution is 2.54. The van der Waals surface area contributed by atoms with Gasteiger partial charge in [-0.2, -0.15) is 0 Å². The average molecular weight is 203 g/mol. The second-order valence-corrected chi connectivity index (χ2v) is 5.10. The first kappa shape index (κ1) is 9.79. The lowest BCUT2D eigenvalue weighted by Gasteiger charge is -2.52. The van der Waals surface area contributed by atoms with Crippen molar-refractivity contribution in [3.8, 4) is 0 Å². The van der Waals surface area contributed by atoms with Crippen LogP contribution in [0.4, 0.5) is 0 Å². The highest BCUT2D eigenvalue weighted by atomic mass is 35.5. The Morgan fingerprint density at radius 3 is 2.23 bits per heavy atom. The third kappa shape index (κ3) is 1.50. The van der Waals surface area contributed by atoms with Crippen LogP contribution in [0.1, 0.15) is 44.9 Å². The summed E-state index contributed by atoms with van der Waals surface area (Å²) in [5.74, 6) is 0. The summed E-state index contributed by atoms with van der Waals surface area (Å²) in [6.07, 6.45) is 9.58. The minimum absolute atomic E-state index is 0.354. The van der Waals surface area contributed by atoms with Gasteiger partial charge in [-0.15, -0.1) is 11.6 Å². The number of ether oxygens (including phenoxy) is 1. The number of methoxy groups -OCH3 is 1. The largest absolute Gasteiger partial charge is 0.381 e. The van der Waals surface area contributed by atoms with Gasteiger partial charge in [0, 0.05) is 17.9 Å². The molecule has 2 atom stereocenters. The van der Waals surface area contributed by atoms with Gasteiger partial charge in [0.25, 0.3) is 0 Å². The van der Waals surface area contributed by atoms with Crippen LogP contribution in [0.15, 0.2) is 0 Å². The minimum atomic E-state index is 0.354. The summed E-state index contributed by atoms with van der Waals surface area (Å²) in [5.41, 5.74) is 0.354. The fourth-order valence-electron chi connectivity index (χ4n) is 3.05. The first-order chi connectivity index (χ1) is 6.29. The Kier molecular flexibility index (Phi) is 2.85. The van der Waals surface area contributed by atoms with Crippen LogP contribution in [-0.2, 0) is 4.74 Å². The van der Waals surface area contributed by atoms with Gasteiger partial charge >= 0.3 is 0 Å². The van der Waals surface area contributed by atoms with Crippen molar-refractivity contribution in [2.75, 3.05) is 7.11 Å². The lowest BCUT2D eigenvalue weighted by Crippen LogP contribution is -2.55. The molecule has 0 aromatic rings. The monoisotopic (exact) mass is 202 g/mol. The van der Waals surface area contributed by atoms with Gasteiger partial charge in [-0.3, -0.25) is 0 Å². The van der Waals surface area contributed by atoms with Crippen molar-refractivity contribution in [2.24, 2.45) is 5.41 Å². The summed E-state index contributed by atoms with van der Waals surface area (Å²) in [4.78, 5) is 0. The van der Waals surface area contributed by atoms with Crippen LogP contribution in [0.5, 0.6) is 0 Å². The zero-order chi connectivity index (χ0) is 9.31. The highest BCUT2D eigenvalue weighted by Gasteiger charge is 2.53. The number of hydrogen-bond donors (Lipinski definition) is 0. The molecule has 1 nitrogen and oxygen atoms in total. The van der Waals surface area contributed by atoms with Gasteiger partial charge in [0.1, 0.15) is 0 Å². The van der Waals surface area contributed by atoms with Gasteiger partial charge in [0.15, 0.2) is 0 Å². The van der Waals surface area contributed by atoms with E-state index < -0.39 is 0 Å². The van der Waals surface area contributed by atoms with Crippen molar-refractivity contribution < 1.29 is 4.74 Å². The second-order valence-electron chi connectivity index (χ2n) is 4.57. The van der Waals surface area contributed by atoms with Crippen LogP contribution in [-0.4, -0.2) is 18.6 Å². The zero-order valence-electron chi connectivity index (χ0n) is 8.39. The molecule has 0 aromatic carbocycles. The smallest absolute Gasteiger partial charge is 0.0655 e. The normalized spacial score (nSPS) is 38.3. The van der Waals surface area contributed by atoms with Gasteiger partial charge < -0.3 is 4.74 Å². The molecule has 0 aromatic heterocycles. The molecular weight excluding hydrogens is 184 g/mol. The van der Waals surface area contributed by atoms with Crippen LogP contribution < -0.4 is 0 Å². The van der Waals surface area contributed by atoms with Crippen LogP contribution in [0.25, 0.3) is 0 Å². The molecule has 2 heteroatoms. The SMILES string of the molecule is COC1CC(Cl)C12CCCCCC2. The van der Waals surface area contributed by atoms with Crippen molar-refractivity contribution in [3.63, 3.8) is 0 Å². The van der Waals surface area contributed by atoms with E-state index in [-0.39, 0.29) is 0 Å². The summed E-state index contributed by atoms with van der Waals surface area (Å²) >= 11 is 6.35. The molecule has 0 aliphatic heterocycles. The van der Waals surface area contributed by atoms with Crippen molar-refractivity contribution in [1.29, 1.82) is 0 Å². The van der Waals surface area contributed by atoms with Gasteiger partial charge in [0.2, 0.25) is 0 Å². The van der Waals surface area contributed by atoms with E-state index in [0.717, 1.165) is 6.42 Å². The molecule has 0 radical (unpaired) electrons. The molecule has 2 fully saturated rings. The van der Waals surface area contributed by atoms with E-state index >= 15 is 0 Å². The van der Waals surface area contributed by atoms with Crippen molar-refractivity contribution >= 4 is 11.6 Å². The average Bonchev–Trinajstić information content (AvgIpc) is 2.40. The zero-order valence-corrected chi connectivity index (χ0v) is 9.15. The van der Waals surface area contributed by atoms with Gasteiger partial charge in [-0.05, 0) is 19.3 Å². The predicted octanol–water partition coefficient (Wildman–Crippen LogP) is 3.35. The standard InChI is InChI=1S/C11H19ClO/c1-13-10-8-9(12)11(10)6-4-2-3-5-7-11/h9-10H,2-8H2,1H3. The van der Waals surface area contributed by atoms with Crippen LogP contribution >= 0.6 is 11.6 Å². The van der Waals surface area contributed by atoms with Crippen molar-refractivity contribution in [2.45, 2.75) is 56.4 Å². The van der Waals surface area contributed by atoms with Crippen LogP contribution in [0, 0.1) is 5.41 Å². The highest BCUT2D eigenvalue weighted by molar-refractivity contribution is 6.21. The second kappa shape index (κ2) is 3.78. The molecule has 0 amide bonds. The van der Waals surface area contributed by atoms with Gasteiger partial charge in [-0.1, -0.05) is 25.7 Å². The van der Waals surface area contributed by atoms with E-state index in [1.165, 1.54) is 38.5 Å². The summed E-state index contributed by atoms with van der Waals surface area (Å²) in [6, 6.07) is 0. The van der Waals surface area contributed by atoms with Gasteiger partial charge in [-0.25, -0.2) is 0 Å². The summed E-state index contributed by atoms with van der Waals surface area (Å²) < 4.78 is 5.52. The Hall–Kier alpha value is 0.250. The van der Waals surface area contributed by atoms with Crippen molar-refractivity contribution in [3.05, 3.63) is 0 Å². The number of hydrogen-bond acceptors (Lipinski definition) is 1. The Labute approximate surface area is 85.8 Å². The predicted molar refractivity (Wildman–Crippen MR) is 55.2 cm³/mol. The first-order valence-electron chi connectivity index (χ1n) is 5.46. The fourth-order valence-corrected chi connectivity index (χ4v) is 3.57. The van der Waals surface area contributed by atoms with Gasteiger partial charge in [0.05, 0.1) is 6.10 Å². The summed E-state index contributed by atoms with van der Waals surface area (Å²) in [6.45, 7) is 0. The molecule has 2 aliphatic rings. The van der Waals surface area contributed by atoms with E-state index in [1.807, 2.05) is 7.11 Å². The Morgan fingerprint density at radius 1 is 1.15 bits per heavy atom. The fraction of sp³-hybridized carbons (Fsp3) is 1.00. The van der Waals surface area contributed by atoms with Crippen molar-refractivity contribution in [1.82, 2.24) is 0 Å². The maximum Gasteiger partial charge on any atom is 0.0655 e. The van der Waals surface area contributed by atoms with E-state index in [1.54, 1.807) is 0 Å². The maximum absolute atomic E-state index is 6.35. The molecule has 0 heterocycles. The summed E-state index contributed by atoms with van der Waals surface area (Å²) in [5, 5.41) is 0.385. The lowest BCUT2D eigenvalue weighted by atomic mass is 9.61. The maximum atomic E-state index is 6.35. The number of alkyl halides is 1. The third-order valence-corrected chi connectivity index (χ3v) is 4.62. The molecule has 2 aliphatic carbocycles. The molecule has 2 unspecified atom stereocenters. The topological polar surface area (TPSA) is 9.23 Å². The molecule has 13 heavy (non-hydrogen) atoms. The lowest BCUT2D eigenvalue weighted by molar-refractivity contribution is -0.0946. The minimum Gasteiger partial charge on any atom is -0.381 e. The molecule has 0 N–H and O–H groups in total. The number of rotatable bonds is 1. The Bertz CT molecular complexity index is 173. The number of halogens is 1. The Balaban J connectivity index is 2.06. The molecule has 0 saturated heterocycles. The molecule has 76 valence electrons. The van der Waals surface area contributed by atoms with E-state index in [9.17, 15) is 0 Å². The molecule has 2 rings (SSSR count). The van der Waals surface area contributed by atoms with E-state index in [0.29, 0.717) is 16.9 Å². The molecule has 2 saturated carbocycles.